The second-order valence-electron chi connectivity index (χ2n) is 18.9. The molecule has 0 saturated heterocycles. The van der Waals surface area contributed by atoms with Crippen molar-refractivity contribution in [2.45, 2.75) is 63.5 Å². The van der Waals surface area contributed by atoms with E-state index in [0.717, 1.165) is 59.3 Å². The highest BCUT2D eigenvalue weighted by Gasteiger charge is 2.45. The third-order valence-corrected chi connectivity index (χ3v) is 14.9. The smallest absolute Gasteiger partial charge is 0.306 e. The Hall–Kier alpha value is -6.66. The van der Waals surface area contributed by atoms with Crippen LogP contribution in [0.4, 0.5) is 0 Å². The highest BCUT2D eigenvalue weighted by molar-refractivity contribution is 5.77. The van der Waals surface area contributed by atoms with Crippen molar-refractivity contribution in [2.24, 2.45) is 0 Å². The largest absolute Gasteiger partial charge is 0.493 e. The summed E-state index contributed by atoms with van der Waals surface area (Å²) in [6.07, 6.45) is 3.69. The molecule has 0 fully saturated rings. The van der Waals surface area contributed by atoms with Gasteiger partial charge in [0.15, 0.2) is 46.0 Å². The topological polar surface area (TPSA) is 163 Å². The van der Waals surface area contributed by atoms with Gasteiger partial charge in [0.2, 0.25) is 23.0 Å². The normalized spacial score (nSPS) is 18.7. The molecule has 2 aliphatic heterocycles. The van der Waals surface area contributed by atoms with E-state index in [4.69, 9.17) is 66.3 Å². The van der Waals surface area contributed by atoms with Gasteiger partial charge in [0.1, 0.15) is 12.1 Å². The van der Waals surface area contributed by atoms with Crippen LogP contribution in [-0.2, 0) is 44.7 Å². The van der Waals surface area contributed by atoms with Crippen LogP contribution in [0, 0.1) is 0 Å². The lowest BCUT2D eigenvalue weighted by atomic mass is 9.85. The molecule has 4 atom stereocenters. The first kappa shape index (κ1) is 56.6. The highest BCUT2D eigenvalue weighted by atomic mass is 16.6. The number of methoxy groups -OCH3 is 12. The van der Waals surface area contributed by atoms with Crippen molar-refractivity contribution in [3.05, 3.63) is 69.8 Å². The Balaban J connectivity index is 1.08. The minimum atomic E-state index is -0.457. The first-order valence-corrected chi connectivity index (χ1v) is 24.9. The summed E-state index contributed by atoms with van der Waals surface area (Å²) in [5, 5.41) is 0. The van der Waals surface area contributed by atoms with Crippen molar-refractivity contribution < 1.29 is 84.9 Å². The van der Waals surface area contributed by atoms with E-state index >= 15 is 0 Å². The maximum absolute atomic E-state index is 13.1. The molecular weight excluding hydrogens is 957 g/mol. The molecule has 18 heteroatoms. The first-order chi connectivity index (χ1) is 35.7. The van der Waals surface area contributed by atoms with Crippen LogP contribution < -0.4 is 56.8 Å². The van der Waals surface area contributed by atoms with E-state index in [1.165, 1.54) is 0 Å². The zero-order chi connectivity index (χ0) is 53.7. The fourth-order valence-electron chi connectivity index (χ4n) is 11.0. The van der Waals surface area contributed by atoms with Gasteiger partial charge in [0.05, 0.1) is 163 Å². The number of fused-ring (bicyclic) bond motifs is 2. The van der Waals surface area contributed by atoms with Crippen LogP contribution >= 0.6 is 0 Å². The number of carbonyl (C=O) groups excluding carboxylic acids is 2. The van der Waals surface area contributed by atoms with Gasteiger partial charge >= 0.3 is 11.9 Å². The molecule has 406 valence electrons. The van der Waals surface area contributed by atoms with Crippen LogP contribution in [0.2, 0.25) is 0 Å². The summed E-state index contributed by atoms with van der Waals surface area (Å²) in [4.78, 5) is 26.2. The second-order valence-corrected chi connectivity index (χ2v) is 18.9. The molecule has 0 bridgehead atoms. The summed E-state index contributed by atoms with van der Waals surface area (Å²) >= 11 is 0. The number of rotatable bonds is 27. The van der Waals surface area contributed by atoms with Crippen molar-refractivity contribution in [1.82, 2.24) is 0 Å². The molecule has 0 aromatic heterocycles. The SMILES string of the molecule is COc1cc(C[C@H]2c3c(cc(OC)c(OC)c3OC)CC[N@+]2(C)CCCOC(=O)CCC(=O)OCCC[N@@+]2(C)CCc3cc(OC)c(OC)c(OC)c3[C@@H]2Cc2cc(OC)c(OC)c(OC)c2)cc(OC)c1OC. The molecular formula is C56H78N2O16+2. The Labute approximate surface area is 436 Å². The van der Waals surface area contributed by atoms with Gasteiger partial charge in [0.25, 0.3) is 0 Å². The van der Waals surface area contributed by atoms with Gasteiger partial charge in [-0.3, -0.25) is 9.59 Å². The molecule has 4 aromatic rings. The molecule has 18 nitrogen and oxygen atoms in total. The maximum atomic E-state index is 13.1. The summed E-state index contributed by atoms with van der Waals surface area (Å²) in [6, 6.07) is 11.7. The third-order valence-electron chi connectivity index (χ3n) is 14.9. The average Bonchev–Trinajstić information content (AvgIpc) is 3.42. The number of likely N-dealkylation sites (N-methyl/N-ethyl adjacent to an activating group) is 2. The quantitative estimate of drug-likeness (QED) is 0.0324. The molecule has 0 spiro atoms. The van der Waals surface area contributed by atoms with Crippen molar-refractivity contribution in [1.29, 1.82) is 0 Å². The van der Waals surface area contributed by atoms with Crippen LogP contribution in [0.25, 0.3) is 0 Å². The summed E-state index contributed by atoms with van der Waals surface area (Å²) in [5.41, 5.74) is 6.22. The fourth-order valence-corrected chi connectivity index (χ4v) is 11.0. The van der Waals surface area contributed by atoms with E-state index in [1.807, 2.05) is 36.4 Å². The molecule has 4 aromatic carbocycles. The molecule has 0 saturated carbocycles. The van der Waals surface area contributed by atoms with Gasteiger partial charge in [-0.2, -0.15) is 0 Å². The molecule has 2 aliphatic rings. The van der Waals surface area contributed by atoms with Gasteiger partial charge in [-0.05, 0) is 58.7 Å². The number of nitrogens with zero attached hydrogens (tertiary/aromatic N) is 2. The lowest BCUT2D eigenvalue weighted by molar-refractivity contribution is -0.941. The van der Waals surface area contributed by atoms with Crippen LogP contribution in [0.1, 0.15) is 71.1 Å². The number of ether oxygens (including phenoxy) is 14. The lowest BCUT2D eigenvalue weighted by Crippen LogP contribution is -2.53. The zero-order valence-corrected chi connectivity index (χ0v) is 45.9. The summed E-state index contributed by atoms with van der Waals surface area (Å²) in [7, 11) is 23.7. The van der Waals surface area contributed by atoms with Crippen LogP contribution in [0.5, 0.6) is 69.0 Å². The maximum Gasteiger partial charge on any atom is 0.306 e. The Morgan fingerprint density at radius 3 is 1.00 bits per heavy atom. The number of quaternary nitrogens is 2. The lowest BCUT2D eigenvalue weighted by Gasteiger charge is -2.46. The fraction of sp³-hybridized carbons (Fsp3) is 0.536. The van der Waals surface area contributed by atoms with Gasteiger partial charge in [-0.15, -0.1) is 0 Å². The van der Waals surface area contributed by atoms with Gasteiger partial charge in [-0.1, -0.05) is 0 Å². The number of esters is 2. The molecule has 0 radical (unpaired) electrons. The molecule has 0 amide bonds. The number of hydrogen-bond donors (Lipinski definition) is 0. The standard InChI is InChI=1S/C56H78N2O16/c1-57(23-19-37-33-45(65-7)53(69-11)55(71-13)49(37)39(57)27-35-29-41(61-3)51(67-9)42(30-35)62-4)21-15-25-73-47(59)17-18-48(60)74-26-16-22-58(2)24-20-38-34-46(66-8)54(70-12)56(72-14)50(38)40(58)28-36-31-43(63-5)52(68-10)44(32-36)64-6/h29-34,39-40H,15-28H2,1-14H3/q+2/t39-,40-,57-,58-/m0/s1. The second kappa shape index (κ2) is 25.5. The van der Waals surface area contributed by atoms with Crippen molar-refractivity contribution >= 4 is 11.9 Å². The van der Waals surface area contributed by atoms with Crippen LogP contribution in [0.3, 0.4) is 0 Å². The molecule has 6 rings (SSSR count). The van der Waals surface area contributed by atoms with E-state index in [1.54, 1.807) is 85.3 Å². The molecule has 74 heavy (non-hydrogen) atoms. The number of hydrogen-bond acceptors (Lipinski definition) is 16. The van der Waals surface area contributed by atoms with Gasteiger partial charge in [-0.25, -0.2) is 0 Å². The molecule has 0 aliphatic carbocycles. The third kappa shape index (κ3) is 12.0. The Kier molecular flexibility index (Phi) is 19.5. The van der Waals surface area contributed by atoms with E-state index in [-0.39, 0.29) is 38.1 Å². The minimum absolute atomic E-state index is 0.0898. The predicted molar refractivity (Wildman–Crippen MR) is 277 cm³/mol. The van der Waals surface area contributed by atoms with Crippen molar-refractivity contribution in [3.8, 4) is 69.0 Å². The highest BCUT2D eigenvalue weighted by Crippen LogP contribution is 2.53. The first-order valence-electron chi connectivity index (χ1n) is 24.9. The molecule has 2 heterocycles. The average molecular weight is 1040 g/mol. The van der Waals surface area contributed by atoms with E-state index in [9.17, 15) is 9.59 Å². The summed E-state index contributed by atoms with van der Waals surface area (Å²) in [6.45, 7) is 3.35. The van der Waals surface area contributed by atoms with E-state index in [0.29, 0.717) is 117 Å². The van der Waals surface area contributed by atoms with E-state index in [2.05, 4.69) is 14.1 Å². The van der Waals surface area contributed by atoms with Crippen LogP contribution in [0.15, 0.2) is 36.4 Å². The predicted octanol–water partition coefficient (Wildman–Crippen LogP) is 7.71. The molecule has 0 unspecified atom stereocenters. The zero-order valence-electron chi connectivity index (χ0n) is 45.9. The van der Waals surface area contributed by atoms with Gasteiger partial charge in [0, 0.05) is 38.5 Å². The Morgan fingerprint density at radius 1 is 0.419 bits per heavy atom. The number of benzene rings is 4. The Bertz CT molecular complexity index is 2360. The summed E-state index contributed by atoms with van der Waals surface area (Å²) in [5.74, 6) is 5.85. The number of carbonyl (C=O) groups is 2. The van der Waals surface area contributed by atoms with Crippen molar-refractivity contribution in [2.75, 3.05) is 139 Å². The summed E-state index contributed by atoms with van der Waals surface area (Å²) < 4.78 is 82.2. The Morgan fingerprint density at radius 2 is 0.716 bits per heavy atom. The molecule has 0 N–H and O–H groups in total. The monoisotopic (exact) mass is 1030 g/mol. The van der Waals surface area contributed by atoms with E-state index < -0.39 is 11.9 Å². The minimum Gasteiger partial charge on any atom is -0.493 e. The van der Waals surface area contributed by atoms with Crippen molar-refractivity contribution in [3.63, 3.8) is 0 Å². The van der Waals surface area contributed by atoms with Gasteiger partial charge < -0.3 is 75.3 Å². The van der Waals surface area contributed by atoms with Crippen LogP contribution in [-0.4, -0.2) is 160 Å².